The summed E-state index contributed by atoms with van der Waals surface area (Å²) < 4.78 is 0. The molecular formula is C14H21N3O2. The highest BCUT2D eigenvalue weighted by Gasteiger charge is 2.29. The van der Waals surface area contributed by atoms with E-state index in [1.807, 2.05) is 32.0 Å². The lowest BCUT2D eigenvalue weighted by atomic mass is 9.96. The maximum atomic E-state index is 12.5. The van der Waals surface area contributed by atoms with Gasteiger partial charge in [-0.05, 0) is 18.9 Å². The molecule has 0 saturated heterocycles. The Morgan fingerprint density at radius 2 is 2.00 bits per heavy atom. The topological polar surface area (TPSA) is 78.9 Å². The predicted molar refractivity (Wildman–Crippen MR) is 75.1 cm³/mol. The van der Waals surface area contributed by atoms with E-state index in [0.717, 1.165) is 12.0 Å². The van der Waals surface area contributed by atoms with Crippen LogP contribution in [0.15, 0.2) is 35.5 Å². The SMILES string of the molecule is CCC(C)N(C)C(=O)C(C(N)=NO)c1ccccc1. The molecule has 0 bridgehead atoms. The molecule has 5 nitrogen and oxygen atoms in total. The van der Waals surface area contributed by atoms with Gasteiger partial charge in [-0.25, -0.2) is 0 Å². The van der Waals surface area contributed by atoms with Gasteiger partial charge >= 0.3 is 0 Å². The van der Waals surface area contributed by atoms with Crippen molar-refractivity contribution >= 4 is 11.7 Å². The maximum absolute atomic E-state index is 12.5. The molecule has 0 aliphatic rings. The highest BCUT2D eigenvalue weighted by atomic mass is 16.4. The zero-order chi connectivity index (χ0) is 14.4. The maximum Gasteiger partial charge on any atom is 0.237 e. The van der Waals surface area contributed by atoms with Crippen LogP contribution in [0, 0.1) is 0 Å². The van der Waals surface area contributed by atoms with Gasteiger partial charge in [-0.15, -0.1) is 0 Å². The number of hydrogen-bond acceptors (Lipinski definition) is 3. The van der Waals surface area contributed by atoms with Crippen LogP contribution in [-0.4, -0.2) is 34.9 Å². The first-order valence-corrected chi connectivity index (χ1v) is 6.31. The molecule has 0 spiro atoms. The lowest BCUT2D eigenvalue weighted by Crippen LogP contribution is -2.42. The summed E-state index contributed by atoms with van der Waals surface area (Å²) in [5.41, 5.74) is 6.40. The van der Waals surface area contributed by atoms with E-state index in [9.17, 15) is 4.79 Å². The minimum atomic E-state index is -0.745. The average Bonchev–Trinajstić information content (AvgIpc) is 2.46. The number of amidine groups is 1. The monoisotopic (exact) mass is 263 g/mol. The number of nitrogens with two attached hydrogens (primary N) is 1. The standard InChI is InChI=1S/C14H21N3O2/c1-4-10(2)17(3)14(18)12(13(15)16-19)11-8-6-5-7-9-11/h5-10,12,19H,4H2,1-3H3,(H2,15,16). The quantitative estimate of drug-likeness (QED) is 0.368. The average molecular weight is 263 g/mol. The van der Waals surface area contributed by atoms with Crippen LogP contribution in [0.4, 0.5) is 0 Å². The van der Waals surface area contributed by atoms with Gasteiger partial charge in [-0.2, -0.15) is 0 Å². The van der Waals surface area contributed by atoms with Gasteiger partial charge in [0.2, 0.25) is 5.91 Å². The second-order valence-electron chi connectivity index (χ2n) is 4.57. The number of oxime groups is 1. The second kappa shape index (κ2) is 6.78. The van der Waals surface area contributed by atoms with E-state index in [4.69, 9.17) is 10.9 Å². The van der Waals surface area contributed by atoms with Crippen molar-refractivity contribution in [2.24, 2.45) is 10.9 Å². The van der Waals surface area contributed by atoms with Crippen LogP contribution in [-0.2, 0) is 4.79 Å². The molecule has 1 aromatic carbocycles. The number of benzene rings is 1. The zero-order valence-corrected chi connectivity index (χ0v) is 11.6. The predicted octanol–water partition coefficient (Wildman–Crippen LogP) is 1.77. The van der Waals surface area contributed by atoms with Crippen molar-refractivity contribution in [2.75, 3.05) is 7.05 Å². The highest BCUT2D eigenvalue weighted by Crippen LogP contribution is 2.20. The lowest BCUT2D eigenvalue weighted by Gasteiger charge is -2.28. The molecule has 2 atom stereocenters. The summed E-state index contributed by atoms with van der Waals surface area (Å²) in [7, 11) is 1.73. The zero-order valence-electron chi connectivity index (χ0n) is 11.6. The Bertz CT molecular complexity index is 445. The van der Waals surface area contributed by atoms with Crippen LogP contribution < -0.4 is 5.73 Å². The molecule has 0 aliphatic carbocycles. The molecule has 19 heavy (non-hydrogen) atoms. The van der Waals surface area contributed by atoms with E-state index in [0.29, 0.717) is 0 Å². The van der Waals surface area contributed by atoms with Crippen molar-refractivity contribution in [3.63, 3.8) is 0 Å². The minimum absolute atomic E-state index is 0.0913. The van der Waals surface area contributed by atoms with E-state index < -0.39 is 5.92 Å². The fourth-order valence-corrected chi connectivity index (χ4v) is 1.84. The van der Waals surface area contributed by atoms with Crippen LogP contribution >= 0.6 is 0 Å². The lowest BCUT2D eigenvalue weighted by molar-refractivity contribution is -0.131. The van der Waals surface area contributed by atoms with Crippen LogP contribution in [0.2, 0.25) is 0 Å². The van der Waals surface area contributed by atoms with Gasteiger partial charge in [0.25, 0.3) is 0 Å². The summed E-state index contributed by atoms with van der Waals surface area (Å²) in [5.74, 6) is -1.01. The molecule has 0 heterocycles. The molecule has 5 heteroatoms. The largest absolute Gasteiger partial charge is 0.409 e. The molecule has 1 amide bonds. The summed E-state index contributed by atoms with van der Waals surface area (Å²) >= 11 is 0. The van der Waals surface area contributed by atoms with Gasteiger partial charge in [-0.1, -0.05) is 42.4 Å². The Morgan fingerprint density at radius 3 is 2.47 bits per heavy atom. The third-order valence-corrected chi connectivity index (χ3v) is 3.39. The van der Waals surface area contributed by atoms with Crippen LogP contribution in [0.3, 0.4) is 0 Å². The summed E-state index contributed by atoms with van der Waals surface area (Å²) in [6, 6.07) is 9.20. The first-order valence-electron chi connectivity index (χ1n) is 6.31. The third kappa shape index (κ3) is 3.47. The van der Waals surface area contributed by atoms with Crippen LogP contribution in [0.5, 0.6) is 0 Å². The normalized spacial score (nSPS) is 14.8. The van der Waals surface area contributed by atoms with Gasteiger partial charge in [0.1, 0.15) is 5.92 Å². The molecular weight excluding hydrogens is 242 g/mol. The smallest absolute Gasteiger partial charge is 0.237 e. The van der Waals surface area contributed by atoms with Crippen molar-refractivity contribution in [1.82, 2.24) is 4.90 Å². The van der Waals surface area contributed by atoms with Gasteiger partial charge < -0.3 is 15.8 Å². The number of amides is 1. The van der Waals surface area contributed by atoms with E-state index >= 15 is 0 Å². The van der Waals surface area contributed by atoms with Gasteiger partial charge in [-0.3, -0.25) is 4.79 Å². The number of likely N-dealkylation sites (N-methyl/N-ethyl adjacent to an activating group) is 1. The third-order valence-electron chi connectivity index (χ3n) is 3.39. The molecule has 1 aromatic rings. The summed E-state index contributed by atoms with van der Waals surface area (Å²) in [4.78, 5) is 14.1. The summed E-state index contributed by atoms with van der Waals surface area (Å²) in [5, 5.41) is 11.9. The summed E-state index contributed by atoms with van der Waals surface area (Å²) in [6.07, 6.45) is 0.847. The van der Waals surface area contributed by atoms with E-state index in [1.165, 1.54) is 0 Å². The molecule has 1 rings (SSSR count). The van der Waals surface area contributed by atoms with Crippen molar-refractivity contribution in [2.45, 2.75) is 32.2 Å². The highest BCUT2D eigenvalue weighted by molar-refractivity contribution is 6.07. The van der Waals surface area contributed by atoms with E-state index in [1.54, 1.807) is 24.1 Å². The minimum Gasteiger partial charge on any atom is -0.409 e. The van der Waals surface area contributed by atoms with E-state index in [2.05, 4.69) is 5.16 Å². The van der Waals surface area contributed by atoms with Crippen molar-refractivity contribution in [3.05, 3.63) is 35.9 Å². The van der Waals surface area contributed by atoms with Gasteiger partial charge in [0.05, 0.1) is 0 Å². The van der Waals surface area contributed by atoms with Gasteiger partial charge in [0, 0.05) is 13.1 Å². The summed E-state index contributed by atoms with van der Waals surface area (Å²) in [6.45, 7) is 3.97. The molecule has 0 aliphatic heterocycles. The van der Waals surface area contributed by atoms with Gasteiger partial charge in [0.15, 0.2) is 5.84 Å². The molecule has 2 unspecified atom stereocenters. The number of hydrogen-bond donors (Lipinski definition) is 2. The molecule has 0 aromatic heterocycles. The number of nitrogens with zero attached hydrogens (tertiary/aromatic N) is 2. The fourth-order valence-electron chi connectivity index (χ4n) is 1.84. The Hall–Kier alpha value is -2.04. The van der Waals surface area contributed by atoms with E-state index in [-0.39, 0.29) is 17.8 Å². The molecule has 3 N–H and O–H groups in total. The molecule has 0 fully saturated rings. The Morgan fingerprint density at radius 1 is 1.42 bits per heavy atom. The van der Waals surface area contributed by atoms with Crippen molar-refractivity contribution < 1.29 is 10.0 Å². The molecule has 104 valence electrons. The number of rotatable bonds is 5. The van der Waals surface area contributed by atoms with Crippen molar-refractivity contribution in [1.29, 1.82) is 0 Å². The number of carbonyl (C=O) groups is 1. The van der Waals surface area contributed by atoms with Crippen LogP contribution in [0.25, 0.3) is 0 Å². The Balaban J connectivity index is 3.09. The first kappa shape index (κ1) is 15.0. The molecule has 0 saturated carbocycles. The Kier molecular flexibility index (Phi) is 5.36. The first-order chi connectivity index (χ1) is 9.02. The second-order valence-corrected chi connectivity index (χ2v) is 4.57. The fraction of sp³-hybridized carbons (Fsp3) is 0.429. The van der Waals surface area contributed by atoms with Crippen molar-refractivity contribution in [3.8, 4) is 0 Å². The molecule has 0 radical (unpaired) electrons. The Labute approximate surface area is 113 Å². The van der Waals surface area contributed by atoms with Crippen LogP contribution in [0.1, 0.15) is 31.7 Å². The number of carbonyl (C=O) groups excluding carboxylic acids is 1.